The quantitative estimate of drug-likeness (QED) is 0.719. The molecule has 2 N–H and O–H groups in total. The molecule has 1 fully saturated rings. The molecule has 1 aromatic heterocycles. The number of benzene rings is 1. The fraction of sp³-hybridized carbons (Fsp3) is 0.435. The number of nitrogens with zero attached hydrogens (tertiary/aromatic N) is 3. The summed E-state index contributed by atoms with van der Waals surface area (Å²) in [5.74, 6) is -2.52. The first-order valence-electron chi connectivity index (χ1n) is 10.8. The van der Waals surface area contributed by atoms with Crippen molar-refractivity contribution < 1.29 is 23.8 Å². The molecule has 2 bridgehead atoms. The molecule has 2 aliphatic heterocycles. The number of fused-ring (bicyclic) bond motifs is 4. The summed E-state index contributed by atoms with van der Waals surface area (Å²) in [6.45, 7) is 4.15. The van der Waals surface area contributed by atoms with Gasteiger partial charge >= 0.3 is 0 Å². The lowest BCUT2D eigenvalue weighted by atomic mass is 10.0. The van der Waals surface area contributed by atoms with Gasteiger partial charge in [-0.05, 0) is 38.3 Å². The maximum Gasteiger partial charge on any atom is 0.277 e. The number of hydrogen-bond acceptors (Lipinski definition) is 6. The average molecular weight is 458 g/mol. The van der Waals surface area contributed by atoms with E-state index in [9.17, 15) is 23.9 Å². The maximum absolute atomic E-state index is 14.1. The van der Waals surface area contributed by atoms with Crippen LogP contribution >= 0.6 is 0 Å². The molecule has 4 rings (SSSR count). The summed E-state index contributed by atoms with van der Waals surface area (Å²) < 4.78 is 21.0. The van der Waals surface area contributed by atoms with Crippen molar-refractivity contribution in [1.29, 1.82) is 0 Å². The number of rotatable bonds is 4. The number of ether oxygens (including phenoxy) is 1. The summed E-state index contributed by atoms with van der Waals surface area (Å²) in [6.07, 6.45) is 2.61. The van der Waals surface area contributed by atoms with Gasteiger partial charge in [-0.25, -0.2) is 4.39 Å². The van der Waals surface area contributed by atoms with Crippen LogP contribution in [-0.2, 0) is 11.3 Å². The van der Waals surface area contributed by atoms with Gasteiger partial charge in [-0.15, -0.1) is 0 Å². The largest absolute Gasteiger partial charge is 0.502 e. The second kappa shape index (κ2) is 8.86. The number of halogens is 1. The van der Waals surface area contributed by atoms with E-state index >= 15 is 0 Å². The summed E-state index contributed by atoms with van der Waals surface area (Å²) in [7, 11) is 1.59. The number of aryl methyl sites for hydroxylation is 1. The van der Waals surface area contributed by atoms with E-state index in [2.05, 4.69) is 5.32 Å². The standard InChI is InChI=1S/C23H27FN4O5/c1-13-4-6-15(18(24)8-13)9-25-22(31)17-11-27-19(21(30)20(17)29)23(32)26-10-16(33-3)7-5-14(2)28(27)12-26/h4,6,8,11,14,16,30H,5,7,9-10,12H2,1-3H3,(H,25,31)/t14-,16+/m1/s1. The van der Waals surface area contributed by atoms with E-state index in [-0.39, 0.29) is 42.2 Å². The molecule has 33 heavy (non-hydrogen) atoms. The van der Waals surface area contributed by atoms with Crippen LogP contribution in [-0.4, -0.2) is 59.0 Å². The van der Waals surface area contributed by atoms with Crippen molar-refractivity contribution in [1.82, 2.24) is 14.9 Å². The van der Waals surface area contributed by atoms with Crippen molar-refractivity contribution in [3.05, 3.63) is 62.8 Å². The number of nitrogens with one attached hydrogen (secondary N) is 1. The van der Waals surface area contributed by atoms with E-state index < -0.39 is 28.8 Å². The molecule has 2 aliphatic rings. The Labute approximate surface area is 190 Å². The SMILES string of the molecule is CO[C@H]1CC[C@@H](C)N2CN(C1)C(=O)c1c(O)c(=O)c(C(=O)NCc3ccc(C)cc3F)cn12. The molecule has 0 saturated carbocycles. The zero-order chi connectivity index (χ0) is 23.9. The van der Waals surface area contributed by atoms with Gasteiger partial charge in [0, 0.05) is 38.0 Å². The zero-order valence-corrected chi connectivity index (χ0v) is 18.8. The Hall–Kier alpha value is -3.40. The van der Waals surface area contributed by atoms with Gasteiger partial charge < -0.3 is 20.1 Å². The van der Waals surface area contributed by atoms with Crippen molar-refractivity contribution in [3.63, 3.8) is 0 Å². The Kier molecular flexibility index (Phi) is 6.11. The lowest BCUT2D eigenvalue weighted by molar-refractivity contribution is 0.0289. The van der Waals surface area contributed by atoms with Crippen molar-refractivity contribution >= 4 is 11.8 Å². The van der Waals surface area contributed by atoms with Crippen LogP contribution < -0.4 is 15.8 Å². The molecule has 0 spiro atoms. The van der Waals surface area contributed by atoms with Gasteiger partial charge in [-0.3, -0.25) is 24.1 Å². The zero-order valence-electron chi connectivity index (χ0n) is 18.8. The van der Waals surface area contributed by atoms with Crippen molar-refractivity contribution in [2.45, 2.75) is 45.4 Å². The fourth-order valence-electron chi connectivity index (χ4n) is 4.27. The molecule has 3 heterocycles. The van der Waals surface area contributed by atoms with Crippen LogP contribution in [0.1, 0.15) is 51.7 Å². The normalized spacial score (nSPS) is 20.2. The lowest BCUT2D eigenvalue weighted by Crippen LogP contribution is -2.60. The molecular formula is C23H27FN4O5. The van der Waals surface area contributed by atoms with Gasteiger partial charge in [0.25, 0.3) is 11.8 Å². The molecule has 2 atom stereocenters. The van der Waals surface area contributed by atoms with Crippen molar-refractivity contribution in [3.8, 4) is 5.75 Å². The van der Waals surface area contributed by atoms with E-state index in [4.69, 9.17) is 4.74 Å². The number of aromatic hydroxyl groups is 1. The monoisotopic (exact) mass is 458 g/mol. The number of methoxy groups -OCH3 is 1. The van der Waals surface area contributed by atoms with Gasteiger partial charge in [0.15, 0.2) is 11.4 Å². The number of hydrogen-bond donors (Lipinski definition) is 2. The van der Waals surface area contributed by atoms with Gasteiger partial charge in [0.1, 0.15) is 18.0 Å². The molecule has 0 aliphatic carbocycles. The van der Waals surface area contributed by atoms with Gasteiger partial charge in [0.05, 0.1) is 6.10 Å². The summed E-state index contributed by atoms with van der Waals surface area (Å²) in [4.78, 5) is 40.2. The first-order valence-corrected chi connectivity index (χ1v) is 10.8. The average Bonchev–Trinajstić information content (AvgIpc) is 2.77. The first kappa shape index (κ1) is 22.8. The van der Waals surface area contributed by atoms with Gasteiger partial charge in [-0.1, -0.05) is 12.1 Å². The van der Waals surface area contributed by atoms with Crippen LogP contribution in [0.3, 0.4) is 0 Å². The third-order valence-electron chi connectivity index (χ3n) is 6.31. The summed E-state index contributed by atoms with van der Waals surface area (Å²) in [5, 5.41) is 15.0. The number of pyridine rings is 1. The molecular weight excluding hydrogens is 431 g/mol. The Morgan fingerprint density at radius 1 is 1.30 bits per heavy atom. The van der Waals surface area contributed by atoms with Crippen LogP contribution in [0.5, 0.6) is 5.75 Å². The Bertz CT molecular complexity index is 1160. The first-order chi connectivity index (χ1) is 15.7. The minimum Gasteiger partial charge on any atom is -0.502 e. The topological polar surface area (TPSA) is 104 Å². The smallest absolute Gasteiger partial charge is 0.277 e. The molecule has 1 aromatic carbocycles. The summed E-state index contributed by atoms with van der Waals surface area (Å²) in [5.41, 5.74) is -0.443. The Balaban J connectivity index is 1.68. The van der Waals surface area contributed by atoms with Gasteiger partial charge in [-0.2, -0.15) is 0 Å². The van der Waals surface area contributed by atoms with Crippen LogP contribution in [0.15, 0.2) is 29.2 Å². The van der Waals surface area contributed by atoms with Crippen LogP contribution in [0.4, 0.5) is 4.39 Å². The highest BCUT2D eigenvalue weighted by Gasteiger charge is 2.38. The number of amides is 2. The summed E-state index contributed by atoms with van der Waals surface area (Å²) >= 11 is 0. The molecule has 176 valence electrons. The van der Waals surface area contributed by atoms with E-state index in [1.54, 1.807) is 26.2 Å². The van der Waals surface area contributed by atoms with Crippen LogP contribution in [0, 0.1) is 12.7 Å². The number of carbonyl (C=O) groups is 2. The highest BCUT2D eigenvalue weighted by atomic mass is 19.1. The second-order valence-electron chi connectivity index (χ2n) is 8.58. The minimum atomic E-state index is -0.953. The molecule has 9 nitrogen and oxygen atoms in total. The Morgan fingerprint density at radius 2 is 2.06 bits per heavy atom. The molecule has 2 aromatic rings. The summed E-state index contributed by atoms with van der Waals surface area (Å²) in [6, 6.07) is 4.58. The van der Waals surface area contributed by atoms with E-state index in [1.807, 2.05) is 11.9 Å². The highest BCUT2D eigenvalue weighted by molar-refractivity contribution is 5.99. The van der Waals surface area contributed by atoms with Crippen molar-refractivity contribution in [2.24, 2.45) is 0 Å². The second-order valence-corrected chi connectivity index (χ2v) is 8.58. The van der Waals surface area contributed by atoms with Crippen molar-refractivity contribution in [2.75, 3.05) is 25.3 Å². The lowest BCUT2D eigenvalue weighted by Gasteiger charge is -2.45. The van der Waals surface area contributed by atoms with Crippen LogP contribution in [0.25, 0.3) is 0 Å². The Morgan fingerprint density at radius 3 is 2.76 bits per heavy atom. The number of aromatic nitrogens is 1. The van der Waals surface area contributed by atoms with Crippen LogP contribution in [0.2, 0.25) is 0 Å². The van der Waals surface area contributed by atoms with E-state index in [0.29, 0.717) is 6.54 Å². The van der Waals surface area contributed by atoms with E-state index in [0.717, 1.165) is 18.4 Å². The predicted octanol–water partition coefficient (Wildman–Crippen LogP) is 1.48. The van der Waals surface area contributed by atoms with Gasteiger partial charge in [0.2, 0.25) is 5.43 Å². The maximum atomic E-state index is 14.1. The predicted molar refractivity (Wildman–Crippen MR) is 118 cm³/mol. The molecule has 0 unspecified atom stereocenters. The minimum absolute atomic E-state index is 0.0585. The van der Waals surface area contributed by atoms with E-state index in [1.165, 1.54) is 21.8 Å². The third kappa shape index (κ3) is 4.18. The molecule has 1 saturated heterocycles. The molecule has 10 heteroatoms. The highest BCUT2D eigenvalue weighted by Crippen LogP contribution is 2.26. The third-order valence-corrected chi connectivity index (χ3v) is 6.31. The molecule has 0 radical (unpaired) electrons. The molecule has 2 amide bonds. The fourth-order valence-corrected chi connectivity index (χ4v) is 4.27. The number of carbonyl (C=O) groups excluding carboxylic acids is 2.